The Balaban J connectivity index is 2.58. The highest BCUT2D eigenvalue weighted by atomic mass is 16.3. The van der Waals surface area contributed by atoms with Crippen LogP contribution in [0.3, 0.4) is 0 Å². The van der Waals surface area contributed by atoms with Gasteiger partial charge in [0.1, 0.15) is 0 Å². The van der Waals surface area contributed by atoms with Crippen LogP contribution in [0, 0.1) is 11.8 Å². The van der Waals surface area contributed by atoms with Crippen LogP contribution in [0.4, 0.5) is 0 Å². The number of rotatable bonds is 6. The predicted molar refractivity (Wildman–Crippen MR) is 64.2 cm³/mol. The van der Waals surface area contributed by atoms with Crippen molar-refractivity contribution in [2.45, 2.75) is 32.7 Å². The summed E-state index contributed by atoms with van der Waals surface area (Å²) >= 11 is 0. The minimum atomic E-state index is -0.0986. The zero-order valence-corrected chi connectivity index (χ0v) is 10.4. The number of carbonyl (C=O) groups excluding carboxylic acids is 1. The van der Waals surface area contributed by atoms with Gasteiger partial charge in [0.25, 0.3) is 0 Å². The van der Waals surface area contributed by atoms with Crippen molar-refractivity contribution in [1.82, 2.24) is 4.90 Å². The molecule has 1 rings (SSSR count). The Bertz CT molecular complexity index is 313. The van der Waals surface area contributed by atoms with Crippen LogP contribution >= 0.6 is 0 Å². The van der Waals surface area contributed by atoms with Gasteiger partial charge in [-0.2, -0.15) is 0 Å². The minimum absolute atomic E-state index is 0.00183. The van der Waals surface area contributed by atoms with E-state index in [1.165, 1.54) is 0 Å². The summed E-state index contributed by atoms with van der Waals surface area (Å²) in [6.45, 7) is 5.09. The first-order valence-electron chi connectivity index (χ1n) is 5.99. The summed E-state index contributed by atoms with van der Waals surface area (Å²) in [4.78, 5) is 16.3. The highest BCUT2D eigenvalue weighted by Gasteiger charge is 2.33. The van der Waals surface area contributed by atoms with Gasteiger partial charge in [0.05, 0.1) is 12.6 Å². The predicted octanol–water partition coefficient (Wildman–Crippen LogP) is 1.55. The minimum Gasteiger partial charge on any atom is -0.394 e. The molecule has 1 aliphatic rings. The molecule has 96 valence electrons. The zero-order chi connectivity index (χ0) is 12.8. The molecule has 6 heteroatoms. The SMILES string of the molecule is CC(C)C[C@@H](CO)N1CC(CN=[N+]=[N-])CC1=O. The van der Waals surface area contributed by atoms with E-state index in [4.69, 9.17) is 5.53 Å². The van der Waals surface area contributed by atoms with E-state index < -0.39 is 0 Å². The molecular formula is C11H20N4O2. The largest absolute Gasteiger partial charge is 0.394 e. The van der Waals surface area contributed by atoms with Gasteiger partial charge in [-0.25, -0.2) is 0 Å². The van der Waals surface area contributed by atoms with E-state index in [-0.39, 0.29) is 24.5 Å². The van der Waals surface area contributed by atoms with Crippen molar-refractivity contribution in [3.63, 3.8) is 0 Å². The number of hydrogen-bond donors (Lipinski definition) is 1. The Labute approximate surface area is 101 Å². The summed E-state index contributed by atoms with van der Waals surface area (Å²) in [6.07, 6.45) is 1.23. The lowest BCUT2D eigenvalue weighted by atomic mass is 10.0. The summed E-state index contributed by atoms with van der Waals surface area (Å²) in [5, 5.41) is 12.8. The van der Waals surface area contributed by atoms with Crippen molar-refractivity contribution in [2.75, 3.05) is 19.7 Å². The van der Waals surface area contributed by atoms with Gasteiger partial charge < -0.3 is 10.0 Å². The van der Waals surface area contributed by atoms with Crippen molar-refractivity contribution in [3.8, 4) is 0 Å². The number of likely N-dealkylation sites (tertiary alicyclic amines) is 1. The molecule has 0 bridgehead atoms. The fraction of sp³-hybridized carbons (Fsp3) is 0.909. The second kappa shape index (κ2) is 6.47. The second-order valence-corrected chi connectivity index (χ2v) is 5.00. The number of aliphatic hydroxyl groups is 1. The smallest absolute Gasteiger partial charge is 0.223 e. The number of nitrogens with zero attached hydrogens (tertiary/aromatic N) is 4. The van der Waals surface area contributed by atoms with Crippen LogP contribution in [0.5, 0.6) is 0 Å². The van der Waals surface area contributed by atoms with Gasteiger partial charge in [-0.3, -0.25) is 4.79 Å². The van der Waals surface area contributed by atoms with E-state index in [1.54, 1.807) is 4.90 Å². The molecule has 0 radical (unpaired) electrons. The summed E-state index contributed by atoms with van der Waals surface area (Å²) < 4.78 is 0. The molecule has 1 saturated heterocycles. The third-order valence-corrected chi connectivity index (χ3v) is 3.04. The summed E-state index contributed by atoms with van der Waals surface area (Å²) in [5.41, 5.74) is 8.25. The Morgan fingerprint density at radius 1 is 1.65 bits per heavy atom. The standard InChI is InChI=1S/C11H20N4O2/c1-8(2)3-10(7-16)15-6-9(4-11(15)17)5-13-14-12/h8-10,16H,3-7H2,1-2H3/t9?,10-/m0/s1. The lowest BCUT2D eigenvalue weighted by Gasteiger charge is -2.27. The number of amides is 1. The second-order valence-electron chi connectivity index (χ2n) is 5.00. The fourth-order valence-electron chi connectivity index (χ4n) is 2.28. The van der Waals surface area contributed by atoms with Crippen LogP contribution in [0.25, 0.3) is 10.4 Å². The van der Waals surface area contributed by atoms with Gasteiger partial charge >= 0.3 is 0 Å². The van der Waals surface area contributed by atoms with E-state index in [1.807, 2.05) is 0 Å². The summed E-state index contributed by atoms with van der Waals surface area (Å²) in [7, 11) is 0. The van der Waals surface area contributed by atoms with Crippen LogP contribution in [-0.4, -0.2) is 41.7 Å². The third kappa shape index (κ3) is 3.91. The van der Waals surface area contributed by atoms with E-state index in [0.717, 1.165) is 6.42 Å². The quantitative estimate of drug-likeness (QED) is 0.433. The summed E-state index contributed by atoms with van der Waals surface area (Å²) in [6, 6.07) is -0.0986. The van der Waals surface area contributed by atoms with Crippen molar-refractivity contribution in [1.29, 1.82) is 0 Å². The van der Waals surface area contributed by atoms with Gasteiger partial charge in [0.15, 0.2) is 0 Å². The first-order valence-corrected chi connectivity index (χ1v) is 5.99. The molecular weight excluding hydrogens is 220 g/mol. The lowest BCUT2D eigenvalue weighted by Crippen LogP contribution is -2.40. The fourth-order valence-corrected chi connectivity index (χ4v) is 2.28. The molecule has 0 aromatic heterocycles. The van der Waals surface area contributed by atoms with Gasteiger partial charge in [-0.1, -0.05) is 19.0 Å². The number of aliphatic hydroxyl groups excluding tert-OH is 1. The maximum atomic E-state index is 11.8. The normalized spacial score (nSPS) is 21.8. The van der Waals surface area contributed by atoms with Crippen LogP contribution in [0.2, 0.25) is 0 Å². The van der Waals surface area contributed by atoms with Gasteiger partial charge in [-0.05, 0) is 23.8 Å². The Morgan fingerprint density at radius 2 is 2.35 bits per heavy atom. The Morgan fingerprint density at radius 3 is 2.88 bits per heavy atom. The molecule has 6 nitrogen and oxygen atoms in total. The lowest BCUT2D eigenvalue weighted by molar-refractivity contribution is -0.130. The molecule has 1 aliphatic heterocycles. The van der Waals surface area contributed by atoms with E-state index >= 15 is 0 Å². The highest BCUT2D eigenvalue weighted by Crippen LogP contribution is 2.23. The molecule has 0 aliphatic carbocycles. The molecule has 0 saturated carbocycles. The molecule has 1 amide bonds. The molecule has 1 heterocycles. The van der Waals surface area contributed by atoms with Gasteiger partial charge in [0, 0.05) is 24.4 Å². The molecule has 0 aromatic rings. The van der Waals surface area contributed by atoms with Gasteiger partial charge in [0.2, 0.25) is 5.91 Å². The Hall–Kier alpha value is -1.26. The van der Waals surface area contributed by atoms with Crippen molar-refractivity contribution >= 4 is 5.91 Å². The number of carbonyl (C=O) groups is 1. The topological polar surface area (TPSA) is 89.3 Å². The molecule has 1 N–H and O–H groups in total. The molecule has 2 atom stereocenters. The monoisotopic (exact) mass is 240 g/mol. The molecule has 0 aromatic carbocycles. The van der Waals surface area contributed by atoms with E-state index in [2.05, 4.69) is 23.9 Å². The number of azide groups is 1. The third-order valence-electron chi connectivity index (χ3n) is 3.04. The molecule has 1 fully saturated rings. The average molecular weight is 240 g/mol. The van der Waals surface area contributed by atoms with Gasteiger partial charge in [-0.15, -0.1) is 0 Å². The molecule has 17 heavy (non-hydrogen) atoms. The maximum Gasteiger partial charge on any atom is 0.223 e. The van der Waals surface area contributed by atoms with Crippen molar-refractivity contribution < 1.29 is 9.90 Å². The first kappa shape index (κ1) is 13.8. The molecule has 0 spiro atoms. The maximum absolute atomic E-state index is 11.8. The van der Waals surface area contributed by atoms with E-state index in [9.17, 15) is 9.90 Å². The Kier molecular flexibility index (Phi) is 5.25. The van der Waals surface area contributed by atoms with Crippen molar-refractivity contribution in [3.05, 3.63) is 10.4 Å². The number of hydrogen-bond acceptors (Lipinski definition) is 3. The van der Waals surface area contributed by atoms with Crippen molar-refractivity contribution in [2.24, 2.45) is 17.0 Å². The van der Waals surface area contributed by atoms with Crippen LogP contribution < -0.4 is 0 Å². The van der Waals surface area contributed by atoms with Crippen LogP contribution in [-0.2, 0) is 4.79 Å². The summed E-state index contributed by atoms with van der Waals surface area (Å²) in [5.74, 6) is 0.596. The van der Waals surface area contributed by atoms with E-state index in [0.29, 0.717) is 25.4 Å². The average Bonchev–Trinajstić information content (AvgIpc) is 2.64. The first-order chi connectivity index (χ1) is 8.08. The zero-order valence-electron chi connectivity index (χ0n) is 10.4. The molecule has 1 unspecified atom stereocenters. The van der Waals surface area contributed by atoms with Crippen LogP contribution in [0.15, 0.2) is 5.11 Å². The highest BCUT2D eigenvalue weighted by molar-refractivity contribution is 5.79. The van der Waals surface area contributed by atoms with Crippen LogP contribution in [0.1, 0.15) is 26.7 Å².